The number of phenols is 1. The second-order valence-electron chi connectivity index (χ2n) is 7.04. The molecule has 6 heteroatoms. The molecule has 6 nitrogen and oxygen atoms in total. The molecule has 0 spiro atoms. The van der Waals surface area contributed by atoms with Crippen LogP contribution < -0.4 is 4.89 Å². The lowest BCUT2D eigenvalue weighted by Gasteiger charge is -2.26. The van der Waals surface area contributed by atoms with E-state index in [0.717, 1.165) is 11.1 Å². The number of aliphatic carboxylic acids is 1. The number of carboxylic acid groups (broad SMARTS) is 1. The van der Waals surface area contributed by atoms with Crippen LogP contribution >= 0.6 is 0 Å². The van der Waals surface area contributed by atoms with Gasteiger partial charge >= 0.3 is 5.97 Å². The molecule has 0 fully saturated rings. The van der Waals surface area contributed by atoms with Gasteiger partial charge in [0, 0.05) is 11.0 Å². The smallest absolute Gasteiger partial charge is 0.330 e. The summed E-state index contributed by atoms with van der Waals surface area (Å²) in [5.74, 6) is -0.227. The van der Waals surface area contributed by atoms with Crippen molar-refractivity contribution in [2.75, 3.05) is 6.61 Å². The van der Waals surface area contributed by atoms with Crippen LogP contribution in [0.5, 0.6) is 11.5 Å². The van der Waals surface area contributed by atoms with Gasteiger partial charge in [0.1, 0.15) is 5.75 Å². The van der Waals surface area contributed by atoms with Gasteiger partial charge in [-0.15, -0.1) is 0 Å². The summed E-state index contributed by atoms with van der Waals surface area (Å²) < 4.78 is 0. The number of benzene rings is 2. The van der Waals surface area contributed by atoms with Gasteiger partial charge in [-0.2, -0.15) is 4.89 Å². The fourth-order valence-corrected chi connectivity index (χ4v) is 2.68. The molecule has 0 aliphatic carbocycles. The van der Waals surface area contributed by atoms with Gasteiger partial charge in [0.15, 0.2) is 5.75 Å². The highest BCUT2D eigenvalue weighted by Gasteiger charge is 2.23. The molecule has 0 bridgehead atoms. The molecular formula is C22H26O6. The van der Waals surface area contributed by atoms with Gasteiger partial charge in [0.2, 0.25) is 0 Å². The van der Waals surface area contributed by atoms with Crippen molar-refractivity contribution < 1.29 is 29.8 Å². The molecule has 0 aromatic heterocycles. The Morgan fingerprint density at radius 3 is 2.14 bits per heavy atom. The van der Waals surface area contributed by atoms with Crippen molar-refractivity contribution in [2.24, 2.45) is 0 Å². The molecule has 150 valence electrons. The lowest BCUT2D eigenvalue weighted by Crippen LogP contribution is -2.18. The van der Waals surface area contributed by atoms with Crippen LogP contribution in [0, 0.1) is 0 Å². The van der Waals surface area contributed by atoms with Gasteiger partial charge in [-0.25, -0.2) is 4.79 Å². The highest BCUT2D eigenvalue weighted by molar-refractivity contribution is 5.85. The fraction of sp³-hybridized carbons (Fsp3) is 0.318. The van der Waals surface area contributed by atoms with E-state index >= 15 is 0 Å². The molecule has 0 heterocycles. The standard InChI is InChI=1S/C22H26O6/c1-16(21(24)25)6-4-5-15-26-28-27-20-13-9-18(10-14-20)22(2,3)17-7-11-19(23)12-8-17/h7-14,23H,1,4-6,15H2,2-3H3,(H,24,25). The van der Waals surface area contributed by atoms with Gasteiger partial charge < -0.3 is 15.1 Å². The minimum absolute atomic E-state index is 0.187. The van der Waals surface area contributed by atoms with E-state index in [1.807, 2.05) is 24.3 Å². The maximum atomic E-state index is 10.6. The number of unbranched alkanes of at least 4 members (excludes halogenated alkanes) is 1. The zero-order valence-electron chi connectivity index (χ0n) is 16.2. The highest BCUT2D eigenvalue weighted by atomic mass is 17.5. The Bertz CT molecular complexity index is 778. The maximum absolute atomic E-state index is 10.6. The molecule has 0 saturated carbocycles. The Kier molecular flexibility index (Phi) is 7.61. The summed E-state index contributed by atoms with van der Waals surface area (Å²) in [5.41, 5.74) is 2.13. The van der Waals surface area contributed by atoms with Crippen molar-refractivity contribution in [1.82, 2.24) is 0 Å². The van der Waals surface area contributed by atoms with E-state index in [0.29, 0.717) is 31.6 Å². The van der Waals surface area contributed by atoms with Crippen LogP contribution in [-0.4, -0.2) is 22.8 Å². The van der Waals surface area contributed by atoms with Crippen molar-refractivity contribution in [3.05, 3.63) is 71.8 Å². The molecule has 0 saturated heterocycles. The Balaban J connectivity index is 1.76. The Labute approximate surface area is 164 Å². The third kappa shape index (κ3) is 6.11. The van der Waals surface area contributed by atoms with Crippen LogP contribution in [-0.2, 0) is 20.1 Å². The first-order valence-electron chi connectivity index (χ1n) is 9.08. The molecule has 0 unspecified atom stereocenters. The van der Waals surface area contributed by atoms with Crippen molar-refractivity contribution in [1.29, 1.82) is 0 Å². The second kappa shape index (κ2) is 9.92. The first kappa shape index (κ1) is 21.5. The van der Waals surface area contributed by atoms with E-state index in [-0.39, 0.29) is 16.7 Å². The molecule has 2 aromatic rings. The van der Waals surface area contributed by atoms with Crippen LogP contribution in [0.4, 0.5) is 0 Å². The minimum Gasteiger partial charge on any atom is -0.508 e. The number of carboxylic acids is 1. The van der Waals surface area contributed by atoms with Crippen molar-refractivity contribution in [3.8, 4) is 11.5 Å². The molecule has 28 heavy (non-hydrogen) atoms. The molecule has 0 atom stereocenters. The van der Waals surface area contributed by atoms with Crippen molar-refractivity contribution >= 4 is 5.97 Å². The third-order valence-electron chi connectivity index (χ3n) is 4.60. The zero-order valence-corrected chi connectivity index (χ0v) is 16.2. The van der Waals surface area contributed by atoms with Crippen LogP contribution in [0.2, 0.25) is 0 Å². The number of phenolic OH excluding ortho intramolecular Hbond substituents is 1. The monoisotopic (exact) mass is 386 g/mol. The average molecular weight is 386 g/mol. The van der Waals surface area contributed by atoms with Gasteiger partial charge in [0.25, 0.3) is 0 Å². The first-order valence-corrected chi connectivity index (χ1v) is 9.08. The lowest BCUT2D eigenvalue weighted by molar-refractivity contribution is -0.466. The van der Waals surface area contributed by atoms with E-state index in [2.05, 4.69) is 20.4 Å². The van der Waals surface area contributed by atoms with E-state index in [1.165, 1.54) is 0 Å². The third-order valence-corrected chi connectivity index (χ3v) is 4.60. The molecule has 0 aliphatic rings. The summed E-state index contributed by atoms with van der Waals surface area (Å²) in [6.45, 7) is 7.97. The van der Waals surface area contributed by atoms with Gasteiger partial charge in [0.05, 0.1) is 6.61 Å². The maximum Gasteiger partial charge on any atom is 0.330 e. The second-order valence-corrected chi connectivity index (χ2v) is 7.04. The molecule has 0 amide bonds. The molecule has 2 rings (SSSR count). The fourth-order valence-electron chi connectivity index (χ4n) is 2.68. The summed E-state index contributed by atoms with van der Waals surface area (Å²) in [4.78, 5) is 20.6. The SMILES string of the molecule is C=C(CCCCOOOc1ccc(C(C)(C)c2ccc(O)cc2)cc1)C(=O)O. The predicted molar refractivity (Wildman–Crippen MR) is 105 cm³/mol. The van der Waals surface area contributed by atoms with Crippen LogP contribution in [0.25, 0.3) is 0 Å². The molecule has 2 N–H and O–H groups in total. The molecule has 2 aromatic carbocycles. The summed E-state index contributed by atoms with van der Waals surface area (Å²) in [5, 5.41) is 22.9. The average Bonchev–Trinajstić information content (AvgIpc) is 2.67. The Hall–Kier alpha value is -2.83. The molecular weight excluding hydrogens is 360 g/mol. The number of rotatable bonds is 11. The van der Waals surface area contributed by atoms with Crippen molar-refractivity contribution in [3.63, 3.8) is 0 Å². The van der Waals surface area contributed by atoms with Crippen LogP contribution in [0.15, 0.2) is 60.7 Å². The number of hydrogen-bond donors (Lipinski definition) is 2. The topological polar surface area (TPSA) is 85.2 Å². The first-order chi connectivity index (χ1) is 13.3. The minimum atomic E-state index is -0.975. The van der Waals surface area contributed by atoms with Crippen molar-refractivity contribution in [2.45, 2.75) is 38.5 Å². The highest BCUT2D eigenvalue weighted by Crippen LogP contribution is 2.33. The van der Waals surface area contributed by atoms with Gasteiger partial charge in [-0.1, -0.05) is 44.7 Å². The Morgan fingerprint density at radius 1 is 1.00 bits per heavy atom. The molecule has 0 radical (unpaired) electrons. The Morgan fingerprint density at radius 2 is 1.57 bits per heavy atom. The molecule has 0 aliphatic heterocycles. The van der Waals surface area contributed by atoms with E-state index in [4.69, 9.17) is 19.9 Å². The summed E-state index contributed by atoms with van der Waals surface area (Å²) >= 11 is 0. The largest absolute Gasteiger partial charge is 0.508 e. The summed E-state index contributed by atoms with van der Waals surface area (Å²) in [6, 6.07) is 14.6. The lowest BCUT2D eigenvalue weighted by atomic mass is 9.78. The zero-order chi connectivity index (χ0) is 20.6. The van der Waals surface area contributed by atoms with E-state index in [1.54, 1.807) is 24.3 Å². The van der Waals surface area contributed by atoms with Crippen LogP contribution in [0.1, 0.15) is 44.2 Å². The predicted octanol–water partition coefficient (Wildman–Crippen LogP) is 4.77. The van der Waals surface area contributed by atoms with Crippen LogP contribution in [0.3, 0.4) is 0 Å². The summed E-state index contributed by atoms with van der Waals surface area (Å²) in [7, 11) is 0. The van der Waals surface area contributed by atoms with E-state index in [9.17, 15) is 9.90 Å². The van der Waals surface area contributed by atoms with Gasteiger partial charge in [-0.05, 0) is 59.7 Å². The number of carbonyl (C=O) groups is 1. The quantitative estimate of drug-likeness (QED) is 0.250. The number of hydrogen-bond acceptors (Lipinski definition) is 5. The van der Waals surface area contributed by atoms with Gasteiger partial charge in [-0.3, -0.25) is 0 Å². The van der Waals surface area contributed by atoms with E-state index < -0.39 is 5.97 Å². The number of aromatic hydroxyl groups is 1. The normalized spacial score (nSPS) is 11.2. The summed E-state index contributed by atoms with van der Waals surface area (Å²) in [6.07, 6.45) is 1.70.